The zero-order valence-corrected chi connectivity index (χ0v) is 11.9. The van der Waals surface area contributed by atoms with Crippen molar-refractivity contribution >= 4 is 23.3 Å². The van der Waals surface area contributed by atoms with Crippen LogP contribution >= 0.6 is 11.6 Å². The Kier molecular flexibility index (Phi) is 3.14. The molecule has 1 aromatic heterocycles. The Morgan fingerprint density at radius 2 is 2.30 bits per heavy atom. The molecule has 0 unspecified atom stereocenters. The van der Waals surface area contributed by atoms with Crippen LogP contribution in [0.1, 0.15) is 16.8 Å². The number of anilines is 1. The molecule has 5 nitrogen and oxygen atoms in total. The summed E-state index contributed by atoms with van der Waals surface area (Å²) in [6, 6.07) is 5.37. The number of rotatable bonds is 2. The monoisotopic (exact) mass is 291 g/mol. The molecule has 1 aliphatic heterocycles. The van der Waals surface area contributed by atoms with E-state index in [0.717, 1.165) is 16.8 Å². The number of fused-ring (bicyclic) bond motifs is 1. The van der Waals surface area contributed by atoms with Crippen molar-refractivity contribution in [3.05, 3.63) is 40.0 Å². The summed E-state index contributed by atoms with van der Waals surface area (Å²) in [5, 5.41) is 10.3. The first-order valence-electron chi connectivity index (χ1n) is 6.32. The van der Waals surface area contributed by atoms with E-state index < -0.39 is 6.10 Å². The highest BCUT2D eigenvalue weighted by molar-refractivity contribution is 6.30. The molecule has 2 heterocycles. The van der Waals surface area contributed by atoms with E-state index in [-0.39, 0.29) is 5.91 Å². The number of carbonyl (C=O) groups excluding carboxylic acids is 1. The van der Waals surface area contributed by atoms with E-state index in [0.29, 0.717) is 23.0 Å². The first-order chi connectivity index (χ1) is 9.54. The third-order valence-corrected chi connectivity index (χ3v) is 3.72. The number of ether oxygens (including phenoxy) is 1. The van der Waals surface area contributed by atoms with Crippen molar-refractivity contribution in [2.24, 2.45) is 0 Å². The van der Waals surface area contributed by atoms with Crippen LogP contribution in [0.15, 0.2) is 18.2 Å². The Morgan fingerprint density at radius 3 is 3.00 bits per heavy atom. The largest absolute Gasteiger partial charge is 0.480 e. The normalized spacial score (nSPS) is 16.6. The molecule has 20 heavy (non-hydrogen) atoms. The average molecular weight is 292 g/mol. The lowest BCUT2D eigenvalue weighted by Gasteiger charge is -2.10. The van der Waals surface area contributed by atoms with Crippen LogP contribution in [0, 0.1) is 13.8 Å². The number of amides is 1. The Labute approximate surface area is 121 Å². The third kappa shape index (κ3) is 2.25. The van der Waals surface area contributed by atoms with Crippen LogP contribution in [0.25, 0.3) is 0 Å². The number of aryl methyl sites for hydroxylation is 1. The smallest absolute Gasteiger partial charge is 0.267 e. The van der Waals surface area contributed by atoms with Gasteiger partial charge >= 0.3 is 0 Å². The molecule has 2 N–H and O–H groups in total. The molecule has 1 atom stereocenters. The van der Waals surface area contributed by atoms with E-state index in [9.17, 15) is 4.79 Å². The van der Waals surface area contributed by atoms with Crippen LogP contribution < -0.4 is 10.1 Å². The summed E-state index contributed by atoms with van der Waals surface area (Å²) in [7, 11) is 0. The van der Waals surface area contributed by atoms with Crippen molar-refractivity contribution in [3.8, 4) is 5.75 Å². The second-order valence-corrected chi connectivity index (χ2v) is 5.31. The van der Waals surface area contributed by atoms with Crippen molar-refractivity contribution in [2.75, 3.05) is 5.32 Å². The first-order valence-corrected chi connectivity index (χ1v) is 6.70. The maximum Gasteiger partial charge on any atom is 0.267 e. The molecule has 1 amide bonds. The van der Waals surface area contributed by atoms with Gasteiger partial charge in [0, 0.05) is 22.7 Å². The van der Waals surface area contributed by atoms with Gasteiger partial charge in [-0.3, -0.25) is 9.89 Å². The van der Waals surface area contributed by atoms with Gasteiger partial charge in [-0.25, -0.2) is 0 Å². The molecule has 0 saturated carbocycles. The van der Waals surface area contributed by atoms with Gasteiger partial charge in [0.15, 0.2) is 11.9 Å². The van der Waals surface area contributed by atoms with Crippen molar-refractivity contribution < 1.29 is 9.53 Å². The van der Waals surface area contributed by atoms with E-state index in [4.69, 9.17) is 16.3 Å². The van der Waals surface area contributed by atoms with Crippen molar-refractivity contribution in [3.63, 3.8) is 0 Å². The second-order valence-electron chi connectivity index (χ2n) is 4.87. The number of hydrogen-bond acceptors (Lipinski definition) is 3. The summed E-state index contributed by atoms with van der Waals surface area (Å²) >= 11 is 5.93. The fourth-order valence-electron chi connectivity index (χ4n) is 2.17. The van der Waals surface area contributed by atoms with Crippen LogP contribution in [0.3, 0.4) is 0 Å². The predicted octanol–water partition coefficient (Wildman–Crippen LogP) is 2.62. The lowest BCUT2D eigenvalue weighted by Crippen LogP contribution is -2.31. The zero-order chi connectivity index (χ0) is 14.3. The van der Waals surface area contributed by atoms with Gasteiger partial charge in [0.25, 0.3) is 5.91 Å². The highest BCUT2D eigenvalue weighted by atomic mass is 35.5. The van der Waals surface area contributed by atoms with E-state index in [1.54, 1.807) is 12.1 Å². The van der Waals surface area contributed by atoms with Gasteiger partial charge in [-0.05, 0) is 37.6 Å². The molecule has 0 fully saturated rings. The number of hydrogen-bond donors (Lipinski definition) is 2. The summed E-state index contributed by atoms with van der Waals surface area (Å²) < 4.78 is 5.63. The quantitative estimate of drug-likeness (QED) is 0.894. The molecule has 0 saturated heterocycles. The minimum atomic E-state index is -0.542. The summed E-state index contributed by atoms with van der Waals surface area (Å²) in [5.41, 5.74) is 2.81. The van der Waals surface area contributed by atoms with Gasteiger partial charge in [-0.2, -0.15) is 5.10 Å². The number of carbonyl (C=O) groups is 1. The molecule has 0 radical (unpaired) electrons. The minimum Gasteiger partial charge on any atom is -0.480 e. The molecule has 0 aliphatic carbocycles. The number of aromatic amines is 1. The second kappa shape index (κ2) is 4.83. The Morgan fingerprint density at radius 1 is 1.50 bits per heavy atom. The van der Waals surface area contributed by atoms with Gasteiger partial charge in [0.2, 0.25) is 0 Å². The Hall–Kier alpha value is -2.01. The molecule has 6 heteroatoms. The van der Waals surface area contributed by atoms with Crippen LogP contribution in [-0.2, 0) is 11.2 Å². The lowest BCUT2D eigenvalue weighted by atomic mass is 10.1. The van der Waals surface area contributed by atoms with Crippen molar-refractivity contribution in [1.82, 2.24) is 10.2 Å². The Bertz CT molecular complexity index is 681. The third-order valence-electron chi connectivity index (χ3n) is 3.48. The fourth-order valence-corrected chi connectivity index (χ4v) is 2.36. The zero-order valence-electron chi connectivity index (χ0n) is 11.2. The number of H-pyrrole nitrogens is 1. The van der Waals surface area contributed by atoms with Gasteiger partial charge in [-0.1, -0.05) is 11.6 Å². The van der Waals surface area contributed by atoms with E-state index in [1.165, 1.54) is 0 Å². The highest BCUT2D eigenvalue weighted by Gasteiger charge is 2.29. The van der Waals surface area contributed by atoms with E-state index >= 15 is 0 Å². The predicted molar refractivity (Wildman–Crippen MR) is 76.3 cm³/mol. The molecule has 3 rings (SSSR count). The summed E-state index contributed by atoms with van der Waals surface area (Å²) in [6.07, 6.45) is -0.0237. The summed E-state index contributed by atoms with van der Waals surface area (Å²) in [4.78, 5) is 12.2. The van der Waals surface area contributed by atoms with Gasteiger partial charge in [0.05, 0.1) is 0 Å². The SMILES string of the molecule is Cc1[nH]nc(NC(=O)[C@H]2Cc3cc(Cl)ccc3O2)c1C. The maximum absolute atomic E-state index is 12.2. The van der Waals surface area contributed by atoms with Crippen LogP contribution in [0.4, 0.5) is 5.82 Å². The molecule has 1 aliphatic rings. The molecule has 0 bridgehead atoms. The highest BCUT2D eigenvalue weighted by Crippen LogP contribution is 2.31. The molecule has 1 aromatic carbocycles. The number of nitrogens with zero attached hydrogens (tertiary/aromatic N) is 1. The molecular formula is C14H14ClN3O2. The fraction of sp³-hybridized carbons (Fsp3) is 0.286. The van der Waals surface area contributed by atoms with Crippen LogP contribution in [-0.4, -0.2) is 22.2 Å². The summed E-state index contributed by atoms with van der Waals surface area (Å²) in [6.45, 7) is 3.81. The number of benzene rings is 1. The maximum atomic E-state index is 12.2. The average Bonchev–Trinajstić information content (AvgIpc) is 2.96. The van der Waals surface area contributed by atoms with Crippen LogP contribution in [0.2, 0.25) is 5.02 Å². The summed E-state index contributed by atoms with van der Waals surface area (Å²) in [5.74, 6) is 1.06. The van der Waals surface area contributed by atoms with Crippen molar-refractivity contribution in [1.29, 1.82) is 0 Å². The number of aromatic nitrogens is 2. The van der Waals surface area contributed by atoms with Gasteiger partial charge < -0.3 is 10.1 Å². The topological polar surface area (TPSA) is 67.0 Å². The molecule has 104 valence electrons. The van der Waals surface area contributed by atoms with Gasteiger partial charge in [-0.15, -0.1) is 0 Å². The Balaban J connectivity index is 1.73. The van der Waals surface area contributed by atoms with E-state index in [1.807, 2.05) is 19.9 Å². The first kappa shape index (κ1) is 13.0. The lowest BCUT2D eigenvalue weighted by molar-refractivity contribution is -0.122. The van der Waals surface area contributed by atoms with Crippen LogP contribution in [0.5, 0.6) is 5.75 Å². The van der Waals surface area contributed by atoms with Crippen molar-refractivity contribution in [2.45, 2.75) is 26.4 Å². The van der Waals surface area contributed by atoms with Gasteiger partial charge in [0.1, 0.15) is 5.75 Å². The molecule has 0 spiro atoms. The standard InChI is InChI=1S/C14H14ClN3O2/c1-7-8(2)17-18-13(7)16-14(19)12-6-9-5-10(15)3-4-11(9)20-12/h3-5,12H,6H2,1-2H3,(H2,16,17,18,19)/t12-/m1/s1. The number of halogens is 1. The molecule has 2 aromatic rings. The number of nitrogens with one attached hydrogen (secondary N) is 2. The minimum absolute atomic E-state index is 0.202. The molecular weight excluding hydrogens is 278 g/mol. The van der Waals surface area contributed by atoms with E-state index in [2.05, 4.69) is 15.5 Å².